The molecule has 0 spiro atoms. The summed E-state index contributed by atoms with van der Waals surface area (Å²) in [5.41, 5.74) is 2.33. The van der Waals surface area contributed by atoms with Gasteiger partial charge in [-0.15, -0.1) is 0 Å². The van der Waals surface area contributed by atoms with E-state index in [-0.39, 0.29) is 5.76 Å². The van der Waals surface area contributed by atoms with E-state index in [2.05, 4.69) is 0 Å². The van der Waals surface area contributed by atoms with Gasteiger partial charge < -0.3 is 18.8 Å². The predicted molar refractivity (Wildman–Crippen MR) is 100 cm³/mol. The maximum Gasteiger partial charge on any atom is 0.424 e. The lowest BCUT2D eigenvalue weighted by Gasteiger charge is -2.16. The highest BCUT2D eigenvalue weighted by Crippen LogP contribution is 2.27. The average molecular weight is 378 g/mol. The van der Waals surface area contributed by atoms with Crippen molar-refractivity contribution in [2.75, 3.05) is 20.8 Å². The number of fused-ring (bicyclic) bond motifs is 1. The third kappa shape index (κ3) is 3.86. The molecule has 0 saturated carbocycles. The van der Waals surface area contributed by atoms with Crippen LogP contribution in [-0.2, 0) is 13.2 Å². The maximum absolute atomic E-state index is 12.2. The predicted octanol–water partition coefficient (Wildman–Crippen LogP) is 2.33. The number of methoxy groups -OCH3 is 1. The molecule has 3 rings (SSSR count). The minimum atomic E-state index is -0.383. The number of halogens is 1. The van der Waals surface area contributed by atoms with E-state index in [1.807, 2.05) is 32.2 Å². The maximum atomic E-state index is 12.2. The van der Waals surface area contributed by atoms with Crippen LogP contribution in [0.2, 0.25) is 5.02 Å². The number of aromatic nitrogens is 1. The summed E-state index contributed by atoms with van der Waals surface area (Å²) in [6.07, 6.45) is 0. The zero-order chi connectivity index (χ0) is 18.7. The van der Waals surface area contributed by atoms with Gasteiger partial charge >= 0.3 is 5.76 Å². The van der Waals surface area contributed by atoms with E-state index in [9.17, 15) is 4.79 Å². The molecule has 2 aromatic carbocycles. The normalized spacial score (nSPS) is 12.3. The number of oxazole rings is 1. The number of hydrogen-bond acceptors (Lipinski definition) is 4. The van der Waals surface area contributed by atoms with Crippen molar-refractivity contribution < 1.29 is 18.8 Å². The summed E-state index contributed by atoms with van der Waals surface area (Å²) in [5, 5.41) is 0.542. The van der Waals surface area contributed by atoms with Gasteiger partial charge in [0.05, 0.1) is 26.3 Å². The molecule has 3 aromatic rings. The molecule has 6 nitrogen and oxygen atoms in total. The molecule has 138 valence electrons. The summed E-state index contributed by atoms with van der Waals surface area (Å²) >= 11 is 5.96. The molecule has 1 N–H and O–H groups in total. The molecule has 0 aliphatic carbocycles. The van der Waals surface area contributed by atoms with Crippen LogP contribution in [-0.4, -0.2) is 25.3 Å². The molecule has 1 aromatic heterocycles. The Morgan fingerprint density at radius 1 is 1.19 bits per heavy atom. The van der Waals surface area contributed by atoms with Crippen LogP contribution in [0.3, 0.4) is 0 Å². The molecule has 0 aliphatic rings. The Morgan fingerprint density at radius 2 is 2.00 bits per heavy atom. The SMILES string of the molecule is CCOc1ccc(C[NH+](C)Cn2c(=O)oc3cc(Cl)ccc32)cc1OC. The van der Waals surface area contributed by atoms with Crippen molar-refractivity contribution in [1.82, 2.24) is 4.57 Å². The van der Waals surface area contributed by atoms with Crippen LogP contribution in [0.25, 0.3) is 11.1 Å². The first-order valence-corrected chi connectivity index (χ1v) is 8.79. The minimum Gasteiger partial charge on any atom is -0.493 e. The Labute approximate surface area is 156 Å². The number of benzene rings is 2. The van der Waals surface area contributed by atoms with Gasteiger partial charge in [0, 0.05) is 16.7 Å². The summed E-state index contributed by atoms with van der Waals surface area (Å²) in [7, 11) is 3.64. The summed E-state index contributed by atoms with van der Waals surface area (Å²) in [5.74, 6) is 1.05. The van der Waals surface area contributed by atoms with Crippen molar-refractivity contribution in [2.45, 2.75) is 20.1 Å². The monoisotopic (exact) mass is 377 g/mol. The van der Waals surface area contributed by atoms with Crippen molar-refractivity contribution in [2.24, 2.45) is 0 Å². The van der Waals surface area contributed by atoms with Crippen molar-refractivity contribution in [3.63, 3.8) is 0 Å². The van der Waals surface area contributed by atoms with E-state index >= 15 is 0 Å². The Bertz CT molecular complexity index is 964. The van der Waals surface area contributed by atoms with Gasteiger partial charge in [-0.05, 0) is 37.3 Å². The fourth-order valence-corrected chi connectivity index (χ4v) is 3.12. The standard InChI is InChI=1S/C19H21ClN2O4/c1-4-25-16-8-5-13(9-18(16)24-3)11-21(2)12-22-15-7-6-14(20)10-17(15)26-19(22)23/h5-10H,4,11-12H2,1-3H3/p+1. The lowest BCUT2D eigenvalue weighted by atomic mass is 10.2. The van der Waals surface area contributed by atoms with E-state index in [1.165, 1.54) is 0 Å². The molecule has 0 aliphatic heterocycles. The first-order valence-electron chi connectivity index (χ1n) is 8.41. The third-order valence-corrected chi connectivity index (χ3v) is 4.33. The summed E-state index contributed by atoms with van der Waals surface area (Å²) in [4.78, 5) is 13.3. The molecule has 0 radical (unpaired) electrons. The second-order valence-corrected chi connectivity index (χ2v) is 6.55. The van der Waals surface area contributed by atoms with Crippen molar-refractivity contribution in [1.29, 1.82) is 0 Å². The number of quaternary nitrogens is 1. The molecule has 26 heavy (non-hydrogen) atoms. The molecule has 7 heteroatoms. The van der Waals surface area contributed by atoms with Crippen molar-refractivity contribution >= 4 is 22.7 Å². The summed E-state index contributed by atoms with van der Waals surface area (Å²) < 4.78 is 17.8. The van der Waals surface area contributed by atoms with E-state index in [0.717, 1.165) is 28.3 Å². The first-order chi connectivity index (χ1) is 12.5. The molecule has 0 fully saturated rings. The van der Waals surface area contributed by atoms with Crippen LogP contribution in [0, 0.1) is 0 Å². The van der Waals surface area contributed by atoms with Crippen molar-refractivity contribution in [3.05, 3.63) is 57.5 Å². The van der Waals surface area contributed by atoms with Crippen LogP contribution >= 0.6 is 11.6 Å². The summed E-state index contributed by atoms with van der Waals surface area (Å²) in [6, 6.07) is 11.1. The number of nitrogens with one attached hydrogen (secondary N) is 1. The number of nitrogens with zero attached hydrogens (tertiary/aromatic N) is 1. The van der Waals surface area contributed by atoms with E-state index in [0.29, 0.717) is 29.6 Å². The molecule has 0 saturated heterocycles. The minimum absolute atomic E-state index is 0.383. The number of rotatable bonds is 7. The zero-order valence-electron chi connectivity index (χ0n) is 15.0. The highest BCUT2D eigenvalue weighted by molar-refractivity contribution is 6.31. The Kier molecular flexibility index (Phi) is 5.54. The molecule has 1 heterocycles. The Balaban J connectivity index is 1.78. The molecule has 1 unspecified atom stereocenters. The number of hydrogen-bond donors (Lipinski definition) is 1. The fraction of sp³-hybridized carbons (Fsp3) is 0.316. The highest BCUT2D eigenvalue weighted by Gasteiger charge is 2.15. The van der Waals surface area contributed by atoms with Crippen LogP contribution < -0.4 is 20.1 Å². The fourth-order valence-electron chi connectivity index (χ4n) is 2.96. The van der Waals surface area contributed by atoms with Crippen LogP contribution in [0.4, 0.5) is 0 Å². The Morgan fingerprint density at radius 3 is 2.73 bits per heavy atom. The highest BCUT2D eigenvalue weighted by atomic mass is 35.5. The topological polar surface area (TPSA) is 58.0 Å². The molecular weight excluding hydrogens is 356 g/mol. The second-order valence-electron chi connectivity index (χ2n) is 6.12. The number of ether oxygens (including phenoxy) is 2. The van der Waals surface area contributed by atoms with Gasteiger partial charge in [0.15, 0.2) is 23.8 Å². The second kappa shape index (κ2) is 7.85. The van der Waals surface area contributed by atoms with E-state index < -0.39 is 0 Å². The zero-order valence-corrected chi connectivity index (χ0v) is 15.8. The average Bonchev–Trinajstić information content (AvgIpc) is 2.91. The molecular formula is C19H22ClN2O4+. The van der Waals surface area contributed by atoms with Gasteiger partial charge in [0.2, 0.25) is 0 Å². The van der Waals surface area contributed by atoms with Gasteiger partial charge in [-0.3, -0.25) is 0 Å². The lowest BCUT2D eigenvalue weighted by Crippen LogP contribution is -3.07. The van der Waals surface area contributed by atoms with E-state index in [4.69, 9.17) is 25.5 Å². The van der Waals surface area contributed by atoms with Gasteiger partial charge in [0.25, 0.3) is 0 Å². The van der Waals surface area contributed by atoms with Crippen LogP contribution in [0.5, 0.6) is 11.5 Å². The van der Waals surface area contributed by atoms with Gasteiger partial charge in [-0.1, -0.05) is 11.6 Å². The van der Waals surface area contributed by atoms with Gasteiger partial charge in [0.1, 0.15) is 6.54 Å². The largest absolute Gasteiger partial charge is 0.493 e. The van der Waals surface area contributed by atoms with Crippen LogP contribution in [0.15, 0.2) is 45.6 Å². The lowest BCUT2D eigenvalue weighted by molar-refractivity contribution is -0.916. The summed E-state index contributed by atoms with van der Waals surface area (Å²) in [6.45, 7) is 3.71. The Hall–Kier alpha value is -2.44. The third-order valence-electron chi connectivity index (χ3n) is 4.09. The molecule has 0 amide bonds. The smallest absolute Gasteiger partial charge is 0.424 e. The van der Waals surface area contributed by atoms with Crippen LogP contribution in [0.1, 0.15) is 12.5 Å². The van der Waals surface area contributed by atoms with Gasteiger partial charge in [-0.25, -0.2) is 9.36 Å². The van der Waals surface area contributed by atoms with Crippen molar-refractivity contribution in [3.8, 4) is 11.5 Å². The quantitative estimate of drug-likeness (QED) is 0.686. The molecule has 1 atom stereocenters. The van der Waals surface area contributed by atoms with Gasteiger partial charge in [-0.2, -0.15) is 0 Å². The first kappa shape index (κ1) is 18.4. The van der Waals surface area contributed by atoms with E-state index in [1.54, 1.807) is 29.9 Å². The molecule has 0 bridgehead atoms.